The number of nitrogens with zero attached hydrogens (tertiary/aromatic N) is 5. The first kappa shape index (κ1) is 15.7. The quantitative estimate of drug-likeness (QED) is 0.476. The van der Waals surface area contributed by atoms with Crippen LogP contribution in [-0.4, -0.2) is 35.1 Å². The Morgan fingerprint density at radius 1 is 0.862 bits per heavy atom. The molecule has 0 aliphatic heterocycles. The molecule has 0 saturated carbocycles. The lowest BCUT2D eigenvalue weighted by atomic mass is 10.1. The summed E-state index contributed by atoms with van der Waals surface area (Å²) in [6.07, 6.45) is 12.0. The molecule has 6 aromatic heterocycles. The largest absolute Gasteiger partial charge is 0.472 e. The van der Waals surface area contributed by atoms with Crippen molar-refractivity contribution in [3.8, 4) is 33.8 Å². The molecule has 6 aromatic rings. The Hall–Kier alpha value is -4.33. The Morgan fingerprint density at radius 3 is 2.66 bits per heavy atom. The molecule has 0 aliphatic rings. The van der Waals surface area contributed by atoms with Crippen LogP contribution in [0, 0.1) is 0 Å². The first-order valence-electron chi connectivity index (χ1n) is 8.97. The van der Waals surface area contributed by atoms with Gasteiger partial charge in [-0.2, -0.15) is 5.10 Å². The molecule has 0 saturated heterocycles. The Labute approximate surface area is 163 Å². The van der Waals surface area contributed by atoms with Gasteiger partial charge in [-0.05, 0) is 24.3 Å². The molecular formula is C21H13N7O. The zero-order valence-corrected chi connectivity index (χ0v) is 15.0. The van der Waals surface area contributed by atoms with Crippen LogP contribution in [0.3, 0.4) is 0 Å². The summed E-state index contributed by atoms with van der Waals surface area (Å²) in [5.74, 6) is 0. The zero-order valence-electron chi connectivity index (χ0n) is 15.0. The molecule has 0 aromatic carbocycles. The number of furan rings is 1. The van der Waals surface area contributed by atoms with Gasteiger partial charge in [0.25, 0.3) is 0 Å². The summed E-state index contributed by atoms with van der Waals surface area (Å²) >= 11 is 0. The molecule has 0 aliphatic carbocycles. The van der Waals surface area contributed by atoms with Crippen LogP contribution in [0.5, 0.6) is 0 Å². The molecule has 8 heteroatoms. The average molecular weight is 379 g/mol. The molecule has 0 unspecified atom stereocenters. The standard InChI is InChI=1S/C21H13N7O/c1-2-17-20(26-16(1)13-6-23-11-24-7-13)21(28-27-17)18-5-14-15(12-3-4-29-10-12)8-22-9-19(14)25-18/h1-11,25H,(H,27,28). The number of hydrogen-bond acceptors (Lipinski definition) is 6. The minimum Gasteiger partial charge on any atom is -0.472 e. The number of pyridine rings is 2. The lowest BCUT2D eigenvalue weighted by Crippen LogP contribution is -1.87. The summed E-state index contributed by atoms with van der Waals surface area (Å²) in [5, 5.41) is 8.60. The van der Waals surface area contributed by atoms with Gasteiger partial charge in [0.15, 0.2) is 0 Å². The second-order valence-electron chi connectivity index (χ2n) is 6.64. The van der Waals surface area contributed by atoms with Crippen molar-refractivity contribution in [3.63, 3.8) is 0 Å². The van der Waals surface area contributed by atoms with Crippen molar-refractivity contribution in [2.24, 2.45) is 0 Å². The Bertz CT molecular complexity index is 1450. The maximum atomic E-state index is 5.23. The summed E-state index contributed by atoms with van der Waals surface area (Å²) in [7, 11) is 0. The summed E-state index contributed by atoms with van der Waals surface area (Å²) in [4.78, 5) is 20.7. The molecule has 0 spiro atoms. The van der Waals surface area contributed by atoms with Crippen LogP contribution in [0.2, 0.25) is 0 Å². The van der Waals surface area contributed by atoms with Crippen LogP contribution in [0.25, 0.3) is 55.7 Å². The van der Waals surface area contributed by atoms with Crippen LogP contribution in [0.15, 0.2) is 72.3 Å². The van der Waals surface area contributed by atoms with E-state index in [4.69, 9.17) is 9.40 Å². The number of aromatic amines is 2. The number of hydrogen-bond donors (Lipinski definition) is 2. The number of nitrogens with one attached hydrogen (secondary N) is 2. The third-order valence-corrected chi connectivity index (χ3v) is 4.90. The monoisotopic (exact) mass is 379 g/mol. The van der Waals surface area contributed by atoms with Crippen LogP contribution in [-0.2, 0) is 0 Å². The summed E-state index contributed by atoms with van der Waals surface area (Å²) in [6, 6.07) is 7.87. The van der Waals surface area contributed by atoms with Gasteiger partial charge < -0.3 is 9.40 Å². The summed E-state index contributed by atoms with van der Waals surface area (Å²) in [6.45, 7) is 0. The Kier molecular flexibility index (Phi) is 3.30. The average Bonchev–Trinajstić information content (AvgIpc) is 3.52. The molecular weight excluding hydrogens is 366 g/mol. The van der Waals surface area contributed by atoms with Crippen molar-refractivity contribution in [1.82, 2.24) is 35.1 Å². The molecule has 0 atom stereocenters. The van der Waals surface area contributed by atoms with Crippen LogP contribution in [0.4, 0.5) is 0 Å². The van der Waals surface area contributed by atoms with Gasteiger partial charge in [0.05, 0.1) is 41.1 Å². The molecule has 0 amide bonds. The number of fused-ring (bicyclic) bond motifs is 2. The zero-order chi connectivity index (χ0) is 19.2. The second kappa shape index (κ2) is 6.10. The number of aromatic nitrogens is 7. The highest BCUT2D eigenvalue weighted by molar-refractivity contribution is 5.99. The highest BCUT2D eigenvalue weighted by Gasteiger charge is 2.16. The van der Waals surface area contributed by atoms with Crippen molar-refractivity contribution in [3.05, 3.63) is 67.9 Å². The topological polar surface area (TPSA) is 109 Å². The van der Waals surface area contributed by atoms with Gasteiger partial charge in [-0.25, -0.2) is 15.0 Å². The Morgan fingerprint density at radius 2 is 1.79 bits per heavy atom. The number of rotatable bonds is 3. The highest BCUT2D eigenvalue weighted by atomic mass is 16.3. The molecule has 29 heavy (non-hydrogen) atoms. The van der Waals surface area contributed by atoms with Crippen molar-refractivity contribution in [2.45, 2.75) is 0 Å². The minimum absolute atomic E-state index is 0.744. The SMILES string of the molecule is c1ncc(-c2ccc3[nH]nc(-c4cc5c(-c6ccoc6)cncc5[nH]4)c3n2)cn1. The molecule has 2 N–H and O–H groups in total. The first-order chi connectivity index (χ1) is 14.4. The van der Waals surface area contributed by atoms with Crippen LogP contribution < -0.4 is 0 Å². The lowest BCUT2D eigenvalue weighted by Gasteiger charge is -2.00. The van der Waals surface area contributed by atoms with Gasteiger partial charge in [0.2, 0.25) is 0 Å². The third-order valence-electron chi connectivity index (χ3n) is 4.90. The maximum Gasteiger partial charge on any atom is 0.135 e. The van der Waals surface area contributed by atoms with Crippen LogP contribution >= 0.6 is 0 Å². The van der Waals surface area contributed by atoms with Crippen molar-refractivity contribution < 1.29 is 4.42 Å². The first-order valence-corrected chi connectivity index (χ1v) is 8.97. The van der Waals surface area contributed by atoms with E-state index in [2.05, 4.69) is 36.2 Å². The van der Waals surface area contributed by atoms with Gasteiger partial charge in [-0.3, -0.25) is 10.1 Å². The molecule has 0 radical (unpaired) electrons. The van der Waals surface area contributed by atoms with E-state index in [1.807, 2.05) is 24.4 Å². The molecule has 0 fully saturated rings. The second-order valence-corrected chi connectivity index (χ2v) is 6.64. The van der Waals surface area contributed by atoms with Gasteiger partial charge in [0, 0.05) is 40.7 Å². The maximum absolute atomic E-state index is 5.23. The molecule has 6 rings (SSSR count). The predicted octanol–water partition coefficient (Wildman–Crippen LogP) is 4.22. The van der Waals surface area contributed by atoms with E-state index in [1.165, 1.54) is 6.33 Å². The smallest absolute Gasteiger partial charge is 0.135 e. The van der Waals surface area contributed by atoms with E-state index < -0.39 is 0 Å². The van der Waals surface area contributed by atoms with Gasteiger partial charge in [-0.1, -0.05) is 0 Å². The number of H-pyrrole nitrogens is 2. The third kappa shape index (κ3) is 2.50. The fourth-order valence-electron chi connectivity index (χ4n) is 3.51. The molecule has 8 nitrogen and oxygen atoms in total. The highest BCUT2D eigenvalue weighted by Crippen LogP contribution is 2.33. The van der Waals surface area contributed by atoms with E-state index in [9.17, 15) is 0 Å². The van der Waals surface area contributed by atoms with E-state index in [-0.39, 0.29) is 0 Å². The minimum atomic E-state index is 0.744. The van der Waals surface area contributed by atoms with Gasteiger partial charge in [-0.15, -0.1) is 0 Å². The van der Waals surface area contributed by atoms with E-state index in [1.54, 1.807) is 31.1 Å². The van der Waals surface area contributed by atoms with E-state index in [0.717, 1.165) is 55.7 Å². The molecule has 138 valence electrons. The molecule has 0 bridgehead atoms. The summed E-state index contributed by atoms with van der Waals surface area (Å²) in [5.41, 5.74) is 7.76. The Balaban J connectivity index is 1.53. The lowest BCUT2D eigenvalue weighted by molar-refractivity contribution is 0.568. The molecule has 6 heterocycles. The van der Waals surface area contributed by atoms with Crippen molar-refractivity contribution >= 4 is 21.9 Å². The summed E-state index contributed by atoms with van der Waals surface area (Å²) < 4.78 is 5.23. The van der Waals surface area contributed by atoms with Crippen LogP contribution in [0.1, 0.15) is 0 Å². The predicted molar refractivity (Wildman–Crippen MR) is 108 cm³/mol. The fourth-order valence-corrected chi connectivity index (χ4v) is 3.51. The van der Waals surface area contributed by atoms with Crippen molar-refractivity contribution in [1.29, 1.82) is 0 Å². The van der Waals surface area contributed by atoms with Gasteiger partial charge in [0.1, 0.15) is 17.5 Å². The normalized spacial score (nSPS) is 11.4. The van der Waals surface area contributed by atoms with E-state index >= 15 is 0 Å². The van der Waals surface area contributed by atoms with Crippen molar-refractivity contribution in [2.75, 3.05) is 0 Å². The van der Waals surface area contributed by atoms with Gasteiger partial charge >= 0.3 is 0 Å². The fraction of sp³-hybridized carbons (Fsp3) is 0. The van der Waals surface area contributed by atoms with E-state index in [0.29, 0.717) is 0 Å².